The molecule has 2 aromatic heterocycles. The number of pyridine rings is 1. The Bertz CT molecular complexity index is 683. The SMILES string of the molecule is Nc1cccc(Oc2ccnc(-c3nnco3)c2)c1. The van der Waals surface area contributed by atoms with Gasteiger partial charge in [-0.25, -0.2) is 0 Å². The van der Waals surface area contributed by atoms with Crippen LogP contribution in [0.15, 0.2) is 53.4 Å². The first-order chi connectivity index (χ1) is 9.31. The zero-order valence-corrected chi connectivity index (χ0v) is 9.85. The van der Waals surface area contributed by atoms with E-state index >= 15 is 0 Å². The first-order valence-corrected chi connectivity index (χ1v) is 5.57. The van der Waals surface area contributed by atoms with E-state index in [2.05, 4.69) is 15.2 Å². The van der Waals surface area contributed by atoms with Crippen LogP contribution < -0.4 is 10.5 Å². The van der Waals surface area contributed by atoms with Crippen molar-refractivity contribution in [1.82, 2.24) is 15.2 Å². The highest BCUT2D eigenvalue weighted by Gasteiger charge is 2.07. The number of hydrogen-bond donors (Lipinski definition) is 1. The largest absolute Gasteiger partial charge is 0.457 e. The van der Waals surface area contributed by atoms with Crippen LogP contribution in [0.4, 0.5) is 5.69 Å². The van der Waals surface area contributed by atoms with E-state index in [-0.39, 0.29) is 0 Å². The summed E-state index contributed by atoms with van der Waals surface area (Å²) in [5, 5.41) is 7.40. The van der Waals surface area contributed by atoms with Crippen LogP contribution in [0.25, 0.3) is 11.6 Å². The Morgan fingerprint density at radius 3 is 2.79 bits per heavy atom. The third kappa shape index (κ3) is 2.52. The summed E-state index contributed by atoms with van der Waals surface area (Å²) in [5.74, 6) is 1.62. The number of hydrogen-bond acceptors (Lipinski definition) is 6. The second-order valence-corrected chi connectivity index (χ2v) is 3.80. The van der Waals surface area contributed by atoms with Crippen molar-refractivity contribution in [1.29, 1.82) is 0 Å². The minimum absolute atomic E-state index is 0.345. The molecule has 2 heterocycles. The van der Waals surface area contributed by atoms with E-state index < -0.39 is 0 Å². The molecular formula is C13H10N4O2. The number of nitrogens with zero attached hydrogens (tertiary/aromatic N) is 3. The molecule has 0 unspecified atom stereocenters. The van der Waals surface area contributed by atoms with Crippen molar-refractivity contribution in [3.63, 3.8) is 0 Å². The van der Waals surface area contributed by atoms with Crippen LogP contribution in [-0.4, -0.2) is 15.2 Å². The fourth-order valence-corrected chi connectivity index (χ4v) is 1.59. The monoisotopic (exact) mass is 254 g/mol. The first kappa shape index (κ1) is 11.2. The summed E-state index contributed by atoms with van der Waals surface area (Å²) in [5.41, 5.74) is 6.89. The predicted molar refractivity (Wildman–Crippen MR) is 68.5 cm³/mol. The molecule has 0 saturated carbocycles. The van der Waals surface area contributed by atoms with Gasteiger partial charge in [-0.15, -0.1) is 10.2 Å². The Balaban J connectivity index is 1.88. The van der Waals surface area contributed by atoms with Gasteiger partial charge < -0.3 is 14.9 Å². The summed E-state index contributed by atoms with van der Waals surface area (Å²) in [6, 6.07) is 10.6. The standard InChI is InChI=1S/C13H10N4O2/c14-9-2-1-3-10(6-9)19-11-4-5-15-12(7-11)13-17-16-8-18-13/h1-8H,14H2. The molecule has 0 amide bonds. The fraction of sp³-hybridized carbons (Fsp3) is 0. The molecule has 0 bridgehead atoms. The van der Waals surface area contributed by atoms with Crippen molar-refractivity contribution in [2.24, 2.45) is 0 Å². The van der Waals surface area contributed by atoms with Gasteiger partial charge in [0.05, 0.1) is 0 Å². The molecule has 0 aliphatic heterocycles. The van der Waals surface area contributed by atoms with Crippen LogP contribution in [0, 0.1) is 0 Å². The highest BCUT2D eigenvalue weighted by molar-refractivity contribution is 5.50. The average molecular weight is 254 g/mol. The Labute approximate surface area is 108 Å². The molecule has 6 nitrogen and oxygen atoms in total. The van der Waals surface area contributed by atoms with E-state index in [0.717, 1.165) is 0 Å². The molecule has 0 radical (unpaired) electrons. The molecule has 6 heteroatoms. The van der Waals surface area contributed by atoms with Crippen molar-refractivity contribution < 1.29 is 9.15 Å². The predicted octanol–water partition coefficient (Wildman–Crippen LogP) is 2.51. The minimum Gasteiger partial charge on any atom is -0.457 e. The minimum atomic E-state index is 0.345. The Morgan fingerprint density at radius 1 is 1.11 bits per heavy atom. The summed E-state index contributed by atoms with van der Waals surface area (Å²) in [6.45, 7) is 0. The summed E-state index contributed by atoms with van der Waals surface area (Å²) in [4.78, 5) is 4.14. The Hall–Kier alpha value is -2.89. The van der Waals surface area contributed by atoms with Gasteiger partial charge in [0.15, 0.2) is 0 Å². The fourth-order valence-electron chi connectivity index (χ4n) is 1.59. The molecule has 0 aliphatic carbocycles. The molecule has 0 atom stereocenters. The van der Waals surface area contributed by atoms with Gasteiger partial charge in [-0.2, -0.15) is 0 Å². The molecule has 94 valence electrons. The zero-order chi connectivity index (χ0) is 13.1. The molecular weight excluding hydrogens is 244 g/mol. The molecule has 2 N–H and O–H groups in total. The van der Waals surface area contributed by atoms with E-state index in [9.17, 15) is 0 Å². The van der Waals surface area contributed by atoms with Gasteiger partial charge in [-0.3, -0.25) is 4.98 Å². The molecule has 0 aliphatic rings. The van der Waals surface area contributed by atoms with Crippen molar-refractivity contribution in [2.45, 2.75) is 0 Å². The van der Waals surface area contributed by atoms with Crippen LogP contribution in [0.1, 0.15) is 0 Å². The highest BCUT2D eigenvalue weighted by Crippen LogP contribution is 2.25. The second kappa shape index (κ2) is 4.77. The second-order valence-electron chi connectivity index (χ2n) is 3.80. The number of ether oxygens (including phenoxy) is 1. The Kier molecular flexibility index (Phi) is 2.82. The van der Waals surface area contributed by atoms with Gasteiger partial charge >= 0.3 is 0 Å². The molecule has 3 aromatic rings. The Morgan fingerprint density at radius 2 is 2.00 bits per heavy atom. The summed E-state index contributed by atoms with van der Waals surface area (Å²) in [6.07, 6.45) is 2.86. The summed E-state index contributed by atoms with van der Waals surface area (Å²) < 4.78 is 10.8. The number of nitrogens with two attached hydrogens (primary N) is 1. The third-order valence-electron chi connectivity index (χ3n) is 2.40. The third-order valence-corrected chi connectivity index (χ3v) is 2.40. The van der Waals surface area contributed by atoms with Crippen LogP contribution in [0.3, 0.4) is 0 Å². The van der Waals surface area contributed by atoms with Crippen LogP contribution in [-0.2, 0) is 0 Å². The lowest BCUT2D eigenvalue weighted by atomic mass is 10.3. The zero-order valence-electron chi connectivity index (χ0n) is 9.85. The van der Waals surface area contributed by atoms with Crippen molar-refractivity contribution in [3.05, 3.63) is 49.0 Å². The van der Waals surface area contributed by atoms with Crippen LogP contribution in [0.5, 0.6) is 11.5 Å². The molecule has 1 aromatic carbocycles. The maximum atomic E-state index is 5.69. The number of nitrogen functional groups attached to an aromatic ring is 1. The molecule has 0 spiro atoms. The van der Waals surface area contributed by atoms with Crippen LogP contribution in [0.2, 0.25) is 0 Å². The smallest absolute Gasteiger partial charge is 0.266 e. The maximum Gasteiger partial charge on any atom is 0.266 e. The number of rotatable bonds is 3. The quantitative estimate of drug-likeness (QED) is 0.722. The average Bonchev–Trinajstić information content (AvgIpc) is 2.93. The molecule has 3 rings (SSSR count). The van der Waals surface area contributed by atoms with Gasteiger partial charge in [0.25, 0.3) is 5.89 Å². The maximum absolute atomic E-state index is 5.69. The van der Waals surface area contributed by atoms with E-state index in [1.807, 2.05) is 12.1 Å². The van der Waals surface area contributed by atoms with E-state index in [0.29, 0.717) is 28.8 Å². The van der Waals surface area contributed by atoms with E-state index in [1.54, 1.807) is 30.5 Å². The van der Waals surface area contributed by atoms with Crippen molar-refractivity contribution >= 4 is 5.69 Å². The van der Waals surface area contributed by atoms with Gasteiger partial charge in [0.1, 0.15) is 17.2 Å². The number of benzene rings is 1. The first-order valence-electron chi connectivity index (χ1n) is 5.57. The van der Waals surface area contributed by atoms with Gasteiger partial charge in [0.2, 0.25) is 6.39 Å². The highest BCUT2D eigenvalue weighted by atomic mass is 16.5. The van der Waals surface area contributed by atoms with Crippen molar-refractivity contribution in [2.75, 3.05) is 5.73 Å². The molecule has 0 saturated heterocycles. The summed E-state index contributed by atoms with van der Waals surface area (Å²) >= 11 is 0. The lowest BCUT2D eigenvalue weighted by Crippen LogP contribution is -1.89. The van der Waals surface area contributed by atoms with E-state index in [4.69, 9.17) is 14.9 Å². The lowest BCUT2D eigenvalue weighted by molar-refractivity contribution is 0.482. The normalized spacial score (nSPS) is 10.3. The van der Waals surface area contributed by atoms with Gasteiger partial charge in [0, 0.05) is 24.0 Å². The van der Waals surface area contributed by atoms with Crippen LogP contribution >= 0.6 is 0 Å². The lowest BCUT2D eigenvalue weighted by Gasteiger charge is -2.06. The van der Waals surface area contributed by atoms with Gasteiger partial charge in [-0.05, 0) is 18.2 Å². The molecule has 19 heavy (non-hydrogen) atoms. The summed E-state index contributed by atoms with van der Waals surface area (Å²) in [7, 11) is 0. The molecule has 0 fully saturated rings. The van der Waals surface area contributed by atoms with E-state index in [1.165, 1.54) is 6.39 Å². The van der Waals surface area contributed by atoms with Crippen molar-refractivity contribution in [3.8, 4) is 23.1 Å². The topological polar surface area (TPSA) is 87.1 Å². The van der Waals surface area contributed by atoms with Gasteiger partial charge in [-0.1, -0.05) is 6.07 Å². The number of anilines is 1. The number of aromatic nitrogens is 3.